The van der Waals surface area contributed by atoms with E-state index in [9.17, 15) is 9.59 Å². The van der Waals surface area contributed by atoms with E-state index in [0.29, 0.717) is 16.4 Å². The zero-order valence-corrected chi connectivity index (χ0v) is 17.9. The minimum atomic E-state index is -0.160. The highest BCUT2D eigenvalue weighted by Crippen LogP contribution is 2.25. The molecule has 2 amide bonds. The lowest BCUT2D eigenvalue weighted by Gasteiger charge is -2.27. The van der Waals surface area contributed by atoms with E-state index >= 15 is 0 Å². The third kappa shape index (κ3) is 5.07. The van der Waals surface area contributed by atoms with Crippen molar-refractivity contribution in [1.82, 2.24) is 9.88 Å². The lowest BCUT2D eigenvalue weighted by atomic mass is 10.1. The van der Waals surface area contributed by atoms with E-state index in [0.717, 1.165) is 49.2 Å². The van der Waals surface area contributed by atoms with Gasteiger partial charge in [0.05, 0.1) is 17.1 Å². The van der Waals surface area contributed by atoms with Crippen LogP contribution in [-0.2, 0) is 4.79 Å². The minimum absolute atomic E-state index is 0.0408. The summed E-state index contributed by atoms with van der Waals surface area (Å²) in [5, 5.41) is 3.29. The third-order valence-electron chi connectivity index (χ3n) is 5.33. The Hall–Kier alpha value is -2.60. The maximum absolute atomic E-state index is 12.6. The Labute approximate surface area is 176 Å². The number of carbonyl (C=O) groups excluding carboxylic acids is 2. The van der Waals surface area contributed by atoms with Crippen molar-refractivity contribution in [2.75, 3.05) is 36.9 Å². The first kappa shape index (κ1) is 21.1. The van der Waals surface area contributed by atoms with E-state index < -0.39 is 0 Å². The number of halogens is 1. The fraction of sp³-hybridized carbons (Fsp3) is 0.409. The topological polar surface area (TPSA) is 65.5 Å². The van der Waals surface area contributed by atoms with Crippen LogP contribution in [0.4, 0.5) is 11.5 Å². The zero-order valence-electron chi connectivity index (χ0n) is 17.2. The Morgan fingerprint density at radius 2 is 1.93 bits per heavy atom. The van der Waals surface area contributed by atoms with Crippen LogP contribution in [-0.4, -0.2) is 48.4 Å². The number of rotatable bonds is 5. The summed E-state index contributed by atoms with van der Waals surface area (Å²) >= 11 is 6.39. The van der Waals surface area contributed by atoms with Gasteiger partial charge in [0.25, 0.3) is 5.91 Å². The molecule has 0 unspecified atom stereocenters. The summed E-state index contributed by atoms with van der Waals surface area (Å²) in [6.45, 7) is 5.63. The molecule has 1 aliphatic heterocycles. The number of aromatic nitrogens is 1. The molecule has 1 aliphatic rings. The van der Waals surface area contributed by atoms with Crippen molar-refractivity contribution in [3.63, 3.8) is 0 Å². The van der Waals surface area contributed by atoms with Gasteiger partial charge < -0.3 is 15.1 Å². The van der Waals surface area contributed by atoms with Gasteiger partial charge >= 0.3 is 0 Å². The molecule has 0 atom stereocenters. The van der Waals surface area contributed by atoms with Crippen LogP contribution in [0.25, 0.3) is 0 Å². The lowest BCUT2D eigenvalue weighted by molar-refractivity contribution is -0.114. The Bertz CT molecular complexity index is 910. The molecule has 0 saturated carbocycles. The fourth-order valence-corrected chi connectivity index (χ4v) is 3.79. The molecule has 0 spiro atoms. The van der Waals surface area contributed by atoms with Crippen LogP contribution in [0.1, 0.15) is 40.7 Å². The largest absolute Gasteiger partial charge is 0.349 e. The molecule has 2 heterocycles. The predicted molar refractivity (Wildman–Crippen MR) is 117 cm³/mol. The lowest BCUT2D eigenvalue weighted by Crippen LogP contribution is -2.35. The van der Waals surface area contributed by atoms with Gasteiger partial charge in [-0.3, -0.25) is 9.59 Å². The number of piperidine rings is 1. The Balaban J connectivity index is 1.66. The number of nitrogens with one attached hydrogen (secondary N) is 1. The van der Waals surface area contributed by atoms with Crippen molar-refractivity contribution in [2.24, 2.45) is 0 Å². The van der Waals surface area contributed by atoms with Crippen LogP contribution in [0.15, 0.2) is 30.5 Å². The van der Waals surface area contributed by atoms with Crippen LogP contribution >= 0.6 is 11.6 Å². The normalized spacial score (nSPS) is 13.9. The van der Waals surface area contributed by atoms with Gasteiger partial charge in [0.15, 0.2) is 0 Å². The molecule has 0 bridgehead atoms. The second-order valence-corrected chi connectivity index (χ2v) is 7.94. The average molecular weight is 415 g/mol. The Morgan fingerprint density at radius 3 is 2.62 bits per heavy atom. The summed E-state index contributed by atoms with van der Waals surface area (Å²) < 4.78 is 0. The molecule has 3 rings (SSSR count). The highest BCUT2D eigenvalue weighted by molar-refractivity contribution is 6.33. The van der Waals surface area contributed by atoms with Crippen molar-refractivity contribution >= 4 is 34.9 Å². The summed E-state index contributed by atoms with van der Waals surface area (Å²) in [5.74, 6) is 0.270. The second kappa shape index (κ2) is 9.27. The van der Waals surface area contributed by atoms with Crippen LogP contribution in [0.2, 0.25) is 5.02 Å². The van der Waals surface area contributed by atoms with Gasteiger partial charge in [0, 0.05) is 32.0 Å². The number of amides is 2. The van der Waals surface area contributed by atoms with E-state index in [2.05, 4.69) is 10.3 Å². The van der Waals surface area contributed by atoms with Gasteiger partial charge in [-0.2, -0.15) is 0 Å². The van der Waals surface area contributed by atoms with E-state index in [-0.39, 0.29) is 18.4 Å². The number of nitrogens with zero attached hydrogens (tertiary/aromatic N) is 3. The van der Waals surface area contributed by atoms with Gasteiger partial charge in [0.1, 0.15) is 5.82 Å². The third-order valence-corrected chi connectivity index (χ3v) is 5.61. The SMILES string of the molecule is Cc1cccc(NC(=O)CN(C)c2ncc(C(=O)N3CCCCC3)cc2Cl)c1C. The maximum Gasteiger partial charge on any atom is 0.255 e. The highest BCUT2D eigenvalue weighted by atomic mass is 35.5. The summed E-state index contributed by atoms with van der Waals surface area (Å²) in [5.41, 5.74) is 3.44. The molecule has 154 valence electrons. The maximum atomic E-state index is 12.6. The van der Waals surface area contributed by atoms with Crippen molar-refractivity contribution in [3.8, 4) is 0 Å². The number of benzene rings is 1. The van der Waals surface area contributed by atoms with Crippen LogP contribution in [0, 0.1) is 13.8 Å². The first-order valence-corrected chi connectivity index (χ1v) is 10.3. The van der Waals surface area contributed by atoms with E-state index in [1.54, 1.807) is 18.0 Å². The average Bonchev–Trinajstić information content (AvgIpc) is 2.71. The number of likely N-dealkylation sites (tertiary alicyclic amines) is 1. The second-order valence-electron chi connectivity index (χ2n) is 7.53. The highest BCUT2D eigenvalue weighted by Gasteiger charge is 2.20. The van der Waals surface area contributed by atoms with E-state index in [4.69, 9.17) is 11.6 Å². The van der Waals surface area contributed by atoms with E-state index in [1.165, 1.54) is 6.20 Å². The summed E-state index contributed by atoms with van der Waals surface area (Å²) in [7, 11) is 1.75. The van der Waals surface area contributed by atoms with E-state index in [1.807, 2.05) is 36.9 Å². The van der Waals surface area contributed by atoms with Crippen molar-refractivity contribution in [2.45, 2.75) is 33.1 Å². The number of anilines is 2. The molecule has 29 heavy (non-hydrogen) atoms. The summed E-state index contributed by atoms with van der Waals surface area (Å²) in [6, 6.07) is 7.44. The smallest absolute Gasteiger partial charge is 0.255 e. The monoisotopic (exact) mass is 414 g/mol. The molecule has 1 aromatic heterocycles. The Morgan fingerprint density at radius 1 is 1.21 bits per heavy atom. The molecule has 2 aromatic rings. The molecule has 0 radical (unpaired) electrons. The van der Waals surface area contributed by atoms with Crippen LogP contribution < -0.4 is 10.2 Å². The van der Waals surface area contributed by atoms with Crippen LogP contribution in [0.3, 0.4) is 0 Å². The summed E-state index contributed by atoms with van der Waals surface area (Å²) in [4.78, 5) is 33.0. The number of likely N-dealkylation sites (N-methyl/N-ethyl adjacent to an activating group) is 1. The molecule has 0 aliphatic carbocycles. The van der Waals surface area contributed by atoms with Gasteiger partial charge in [-0.1, -0.05) is 23.7 Å². The van der Waals surface area contributed by atoms with Gasteiger partial charge in [-0.15, -0.1) is 0 Å². The zero-order chi connectivity index (χ0) is 21.0. The molecular weight excluding hydrogens is 388 g/mol. The first-order chi connectivity index (χ1) is 13.9. The van der Waals surface area contributed by atoms with Crippen LogP contribution in [0.5, 0.6) is 0 Å². The number of carbonyl (C=O) groups is 2. The molecule has 1 saturated heterocycles. The van der Waals surface area contributed by atoms with Gasteiger partial charge in [0.2, 0.25) is 5.91 Å². The molecule has 1 fully saturated rings. The quantitative estimate of drug-likeness (QED) is 0.801. The van der Waals surface area contributed by atoms with Crippen molar-refractivity contribution in [1.29, 1.82) is 0 Å². The molecular formula is C22H27ClN4O2. The molecule has 7 heteroatoms. The first-order valence-electron chi connectivity index (χ1n) is 9.89. The standard InChI is InChI=1S/C22H27ClN4O2/c1-15-8-7-9-19(16(15)2)25-20(28)14-26(3)21-18(23)12-17(13-24-21)22(29)27-10-5-4-6-11-27/h7-9,12-13H,4-6,10-11,14H2,1-3H3,(H,25,28). The molecule has 1 aromatic carbocycles. The minimum Gasteiger partial charge on any atom is -0.349 e. The van der Waals surface area contributed by atoms with Crippen molar-refractivity contribution in [3.05, 3.63) is 52.2 Å². The number of hydrogen-bond acceptors (Lipinski definition) is 4. The fourth-order valence-electron chi connectivity index (χ4n) is 3.47. The molecule has 6 nitrogen and oxygen atoms in total. The predicted octanol–water partition coefficient (Wildman–Crippen LogP) is 4.05. The van der Waals surface area contributed by atoms with Crippen molar-refractivity contribution < 1.29 is 9.59 Å². The number of aryl methyl sites for hydroxylation is 1. The number of pyridine rings is 1. The molecule has 1 N–H and O–H groups in total. The summed E-state index contributed by atoms with van der Waals surface area (Å²) in [6.07, 6.45) is 4.76. The number of hydrogen-bond donors (Lipinski definition) is 1. The Kier molecular flexibility index (Phi) is 6.75. The van der Waals surface area contributed by atoms with Gasteiger partial charge in [-0.25, -0.2) is 4.98 Å². The van der Waals surface area contributed by atoms with Gasteiger partial charge in [-0.05, 0) is 56.4 Å².